The van der Waals surface area contributed by atoms with Gasteiger partial charge in [-0.05, 0) is 31.0 Å². The third-order valence-electron chi connectivity index (χ3n) is 3.26. The number of carbonyl (C=O) groups is 1. The van der Waals surface area contributed by atoms with Crippen molar-refractivity contribution in [2.24, 2.45) is 0 Å². The number of rotatable bonds is 4. The van der Waals surface area contributed by atoms with Crippen LogP contribution in [0.25, 0.3) is 0 Å². The van der Waals surface area contributed by atoms with Crippen LogP contribution in [-0.4, -0.2) is 18.5 Å². The zero-order valence-electron chi connectivity index (χ0n) is 10.6. The summed E-state index contributed by atoms with van der Waals surface area (Å²) in [5.41, 5.74) is 1.17. The number of amides is 1. The Morgan fingerprint density at radius 2 is 2.16 bits per heavy atom. The van der Waals surface area contributed by atoms with Crippen molar-refractivity contribution in [3.63, 3.8) is 0 Å². The standard InChI is InChI=1S/C14H16ClN3O/c15-12-7-10(8-16)5-6-13(12)17-9-14(19)18-11-3-1-2-4-11/h5-7,11,17H,1-4,9H2,(H,18,19). The zero-order valence-corrected chi connectivity index (χ0v) is 11.3. The molecular formula is C14H16ClN3O. The van der Waals surface area contributed by atoms with Gasteiger partial charge >= 0.3 is 0 Å². The molecule has 0 heterocycles. The predicted molar refractivity (Wildman–Crippen MR) is 75.1 cm³/mol. The highest BCUT2D eigenvalue weighted by Crippen LogP contribution is 2.22. The summed E-state index contributed by atoms with van der Waals surface area (Å²) in [5, 5.41) is 15.2. The first-order valence-electron chi connectivity index (χ1n) is 6.42. The average Bonchev–Trinajstić information content (AvgIpc) is 2.90. The van der Waals surface area contributed by atoms with Crippen LogP contribution in [0.2, 0.25) is 5.02 Å². The zero-order chi connectivity index (χ0) is 13.7. The first-order chi connectivity index (χ1) is 9.19. The first kappa shape index (κ1) is 13.7. The van der Waals surface area contributed by atoms with Crippen molar-refractivity contribution in [3.05, 3.63) is 28.8 Å². The lowest BCUT2D eigenvalue weighted by molar-refractivity contribution is -0.120. The van der Waals surface area contributed by atoms with Crippen molar-refractivity contribution in [2.45, 2.75) is 31.7 Å². The van der Waals surface area contributed by atoms with Crippen molar-refractivity contribution in [1.29, 1.82) is 5.26 Å². The Kier molecular flexibility index (Phi) is 4.64. The molecule has 2 rings (SSSR count). The van der Waals surface area contributed by atoms with E-state index in [2.05, 4.69) is 10.6 Å². The Bertz CT molecular complexity index is 504. The molecule has 1 amide bonds. The fraction of sp³-hybridized carbons (Fsp3) is 0.429. The van der Waals surface area contributed by atoms with Gasteiger partial charge in [-0.3, -0.25) is 4.79 Å². The van der Waals surface area contributed by atoms with E-state index in [9.17, 15) is 4.79 Å². The van der Waals surface area contributed by atoms with E-state index in [1.54, 1.807) is 18.2 Å². The van der Waals surface area contributed by atoms with Gasteiger partial charge in [-0.25, -0.2) is 0 Å². The molecule has 19 heavy (non-hydrogen) atoms. The Hall–Kier alpha value is -1.73. The topological polar surface area (TPSA) is 64.9 Å². The van der Waals surface area contributed by atoms with E-state index < -0.39 is 0 Å². The molecule has 1 aliphatic rings. The van der Waals surface area contributed by atoms with Crippen molar-refractivity contribution < 1.29 is 4.79 Å². The summed E-state index contributed by atoms with van der Waals surface area (Å²) in [4.78, 5) is 11.7. The molecule has 0 unspecified atom stereocenters. The second kappa shape index (κ2) is 6.44. The fourth-order valence-corrected chi connectivity index (χ4v) is 2.50. The molecule has 4 nitrogen and oxygen atoms in total. The average molecular weight is 278 g/mol. The van der Waals surface area contributed by atoms with Gasteiger partial charge in [-0.1, -0.05) is 24.4 Å². The minimum atomic E-state index is -0.0210. The van der Waals surface area contributed by atoms with Crippen LogP contribution in [0.1, 0.15) is 31.2 Å². The number of hydrogen-bond donors (Lipinski definition) is 2. The van der Waals surface area contributed by atoms with Crippen molar-refractivity contribution in [3.8, 4) is 6.07 Å². The number of halogens is 1. The molecule has 1 aliphatic carbocycles. The maximum absolute atomic E-state index is 11.7. The Morgan fingerprint density at radius 3 is 2.79 bits per heavy atom. The molecule has 1 fully saturated rings. The van der Waals surface area contributed by atoms with E-state index in [1.807, 2.05) is 6.07 Å². The van der Waals surface area contributed by atoms with Crippen LogP contribution in [-0.2, 0) is 4.79 Å². The van der Waals surface area contributed by atoms with Crippen LogP contribution in [0, 0.1) is 11.3 Å². The van der Waals surface area contributed by atoms with Gasteiger partial charge < -0.3 is 10.6 Å². The van der Waals surface area contributed by atoms with Crippen LogP contribution in [0.5, 0.6) is 0 Å². The highest BCUT2D eigenvalue weighted by Gasteiger charge is 2.16. The molecule has 0 saturated heterocycles. The summed E-state index contributed by atoms with van der Waals surface area (Å²) in [7, 11) is 0. The molecule has 5 heteroatoms. The molecule has 0 aliphatic heterocycles. The number of anilines is 1. The SMILES string of the molecule is N#Cc1ccc(NCC(=O)NC2CCCC2)c(Cl)c1. The quantitative estimate of drug-likeness (QED) is 0.889. The molecule has 0 spiro atoms. The van der Waals surface area contributed by atoms with Gasteiger partial charge in [0, 0.05) is 6.04 Å². The van der Waals surface area contributed by atoms with E-state index >= 15 is 0 Å². The Balaban J connectivity index is 1.84. The van der Waals surface area contributed by atoms with Gasteiger partial charge in [-0.15, -0.1) is 0 Å². The minimum absolute atomic E-state index is 0.0210. The molecular weight excluding hydrogens is 262 g/mol. The highest BCUT2D eigenvalue weighted by atomic mass is 35.5. The molecule has 0 aromatic heterocycles. The van der Waals surface area contributed by atoms with Crippen LogP contribution >= 0.6 is 11.6 Å². The number of benzene rings is 1. The number of nitriles is 1. The third-order valence-corrected chi connectivity index (χ3v) is 3.57. The molecule has 0 bridgehead atoms. The monoisotopic (exact) mass is 277 g/mol. The predicted octanol–water partition coefficient (Wildman–Crippen LogP) is 2.68. The Morgan fingerprint density at radius 1 is 1.42 bits per heavy atom. The van der Waals surface area contributed by atoms with E-state index in [0.29, 0.717) is 22.3 Å². The molecule has 0 radical (unpaired) electrons. The van der Waals surface area contributed by atoms with Crippen molar-refractivity contribution in [1.82, 2.24) is 5.32 Å². The second-order valence-corrected chi connectivity index (χ2v) is 5.12. The minimum Gasteiger partial charge on any atom is -0.375 e. The molecule has 1 saturated carbocycles. The van der Waals surface area contributed by atoms with E-state index in [4.69, 9.17) is 16.9 Å². The van der Waals surface area contributed by atoms with Gasteiger partial charge in [0.05, 0.1) is 28.9 Å². The number of nitrogens with one attached hydrogen (secondary N) is 2. The van der Waals surface area contributed by atoms with Crippen LogP contribution < -0.4 is 10.6 Å². The third kappa shape index (κ3) is 3.87. The fourth-order valence-electron chi connectivity index (χ4n) is 2.25. The van der Waals surface area contributed by atoms with Crippen molar-refractivity contribution in [2.75, 3.05) is 11.9 Å². The van der Waals surface area contributed by atoms with Crippen LogP contribution in [0.3, 0.4) is 0 Å². The van der Waals surface area contributed by atoms with Gasteiger partial charge in [0.15, 0.2) is 0 Å². The molecule has 2 N–H and O–H groups in total. The molecule has 1 aromatic carbocycles. The van der Waals surface area contributed by atoms with Crippen molar-refractivity contribution >= 4 is 23.2 Å². The van der Waals surface area contributed by atoms with Gasteiger partial charge in [0.1, 0.15) is 0 Å². The van der Waals surface area contributed by atoms with Gasteiger partial charge in [-0.2, -0.15) is 5.26 Å². The molecule has 1 aromatic rings. The highest BCUT2D eigenvalue weighted by molar-refractivity contribution is 6.33. The molecule has 0 atom stereocenters. The van der Waals surface area contributed by atoms with Gasteiger partial charge in [0.2, 0.25) is 5.91 Å². The lowest BCUT2D eigenvalue weighted by Gasteiger charge is -2.13. The van der Waals surface area contributed by atoms with E-state index in [-0.39, 0.29) is 12.5 Å². The van der Waals surface area contributed by atoms with E-state index in [0.717, 1.165) is 12.8 Å². The lowest BCUT2D eigenvalue weighted by Crippen LogP contribution is -2.36. The largest absolute Gasteiger partial charge is 0.375 e. The summed E-state index contributed by atoms with van der Waals surface area (Å²) in [6.45, 7) is 0.197. The first-order valence-corrected chi connectivity index (χ1v) is 6.79. The number of carbonyl (C=O) groups excluding carboxylic acids is 1. The van der Waals surface area contributed by atoms with Crippen LogP contribution in [0.4, 0.5) is 5.69 Å². The number of nitrogens with zero attached hydrogens (tertiary/aromatic N) is 1. The summed E-state index contributed by atoms with van der Waals surface area (Å²) in [5.74, 6) is -0.0210. The smallest absolute Gasteiger partial charge is 0.239 e. The molecule has 100 valence electrons. The van der Waals surface area contributed by atoms with E-state index in [1.165, 1.54) is 12.8 Å². The summed E-state index contributed by atoms with van der Waals surface area (Å²) >= 11 is 6.02. The maximum atomic E-state index is 11.7. The Labute approximate surface area is 117 Å². The number of hydrogen-bond acceptors (Lipinski definition) is 3. The maximum Gasteiger partial charge on any atom is 0.239 e. The lowest BCUT2D eigenvalue weighted by atomic mass is 10.2. The summed E-state index contributed by atoms with van der Waals surface area (Å²) < 4.78 is 0. The normalized spacial score (nSPS) is 14.9. The summed E-state index contributed by atoms with van der Waals surface area (Å²) in [6.07, 6.45) is 4.53. The summed E-state index contributed by atoms with van der Waals surface area (Å²) in [6, 6.07) is 7.31. The second-order valence-electron chi connectivity index (χ2n) is 4.71. The van der Waals surface area contributed by atoms with Crippen LogP contribution in [0.15, 0.2) is 18.2 Å². The van der Waals surface area contributed by atoms with Gasteiger partial charge in [0.25, 0.3) is 0 Å².